The first-order chi connectivity index (χ1) is 11.1. The second-order valence-corrected chi connectivity index (χ2v) is 5.45. The molecule has 2 aromatic carbocycles. The second-order valence-electron chi connectivity index (χ2n) is 5.45. The van der Waals surface area contributed by atoms with Crippen molar-refractivity contribution in [3.63, 3.8) is 0 Å². The quantitative estimate of drug-likeness (QED) is 0.806. The smallest absolute Gasteiger partial charge is 0.251 e. The van der Waals surface area contributed by atoms with Crippen molar-refractivity contribution < 1.29 is 9.53 Å². The topological polar surface area (TPSA) is 56.1 Å². The second kappa shape index (κ2) is 6.12. The van der Waals surface area contributed by atoms with E-state index in [1.165, 1.54) is 0 Å². The lowest BCUT2D eigenvalue weighted by Crippen LogP contribution is -2.22. The van der Waals surface area contributed by atoms with Gasteiger partial charge in [-0.3, -0.25) is 4.79 Å². The van der Waals surface area contributed by atoms with Crippen LogP contribution in [0, 0.1) is 6.92 Å². The molecule has 3 rings (SSSR count). The van der Waals surface area contributed by atoms with E-state index < -0.39 is 0 Å². The number of hydrogen-bond donors (Lipinski definition) is 1. The summed E-state index contributed by atoms with van der Waals surface area (Å²) in [6.07, 6.45) is 0. The third-order valence-electron chi connectivity index (χ3n) is 3.97. The highest BCUT2D eigenvalue weighted by molar-refractivity contribution is 5.94. The SMILES string of the molecule is COc1ccc(C(=O)NCc2ccc3c(c2)nc(C)n3C)cc1. The fraction of sp³-hybridized carbons (Fsp3) is 0.222. The lowest BCUT2D eigenvalue weighted by Gasteiger charge is -2.06. The van der Waals surface area contributed by atoms with Crippen LogP contribution in [-0.2, 0) is 13.6 Å². The predicted molar refractivity (Wildman–Crippen MR) is 89.6 cm³/mol. The van der Waals surface area contributed by atoms with Gasteiger partial charge in [0.25, 0.3) is 5.91 Å². The van der Waals surface area contributed by atoms with Crippen LogP contribution in [0.3, 0.4) is 0 Å². The van der Waals surface area contributed by atoms with Crippen molar-refractivity contribution >= 4 is 16.9 Å². The summed E-state index contributed by atoms with van der Waals surface area (Å²) in [5.41, 5.74) is 3.67. The molecule has 0 saturated carbocycles. The van der Waals surface area contributed by atoms with Crippen LogP contribution in [0.1, 0.15) is 21.7 Å². The van der Waals surface area contributed by atoms with E-state index in [9.17, 15) is 4.79 Å². The summed E-state index contributed by atoms with van der Waals surface area (Å²) in [6.45, 7) is 2.45. The van der Waals surface area contributed by atoms with Gasteiger partial charge in [-0.2, -0.15) is 0 Å². The minimum atomic E-state index is -0.107. The monoisotopic (exact) mass is 309 g/mol. The van der Waals surface area contributed by atoms with E-state index in [0.717, 1.165) is 28.2 Å². The Morgan fingerprint density at radius 3 is 2.65 bits per heavy atom. The highest BCUT2D eigenvalue weighted by atomic mass is 16.5. The molecule has 1 aromatic heterocycles. The molecule has 0 radical (unpaired) electrons. The largest absolute Gasteiger partial charge is 0.497 e. The van der Waals surface area contributed by atoms with Gasteiger partial charge in [0.1, 0.15) is 11.6 Å². The summed E-state index contributed by atoms with van der Waals surface area (Å²) < 4.78 is 7.14. The maximum Gasteiger partial charge on any atom is 0.251 e. The molecule has 5 heteroatoms. The lowest BCUT2D eigenvalue weighted by atomic mass is 10.1. The minimum Gasteiger partial charge on any atom is -0.497 e. The van der Waals surface area contributed by atoms with E-state index in [-0.39, 0.29) is 5.91 Å². The highest BCUT2D eigenvalue weighted by Crippen LogP contribution is 2.16. The molecule has 0 unspecified atom stereocenters. The number of carbonyl (C=O) groups excluding carboxylic acids is 1. The van der Waals surface area contributed by atoms with Gasteiger partial charge in [-0.15, -0.1) is 0 Å². The van der Waals surface area contributed by atoms with Gasteiger partial charge in [0.2, 0.25) is 0 Å². The molecule has 0 aliphatic carbocycles. The number of rotatable bonds is 4. The molecule has 0 bridgehead atoms. The van der Waals surface area contributed by atoms with Gasteiger partial charge in [-0.1, -0.05) is 6.07 Å². The zero-order valence-electron chi connectivity index (χ0n) is 13.5. The van der Waals surface area contributed by atoms with Crippen LogP contribution < -0.4 is 10.1 Å². The predicted octanol–water partition coefficient (Wildman–Crippen LogP) is 2.82. The number of fused-ring (bicyclic) bond motifs is 1. The number of carbonyl (C=O) groups is 1. The molecule has 0 fully saturated rings. The molecular formula is C18H19N3O2. The fourth-order valence-electron chi connectivity index (χ4n) is 2.50. The number of methoxy groups -OCH3 is 1. The number of amides is 1. The van der Waals surface area contributed by atoms with E-state index in [1.54, 1.807) is 31.4 Å². The third kappa shape index (κ3) is 3.04. The Kier molecular flexibility index (Phi) is 4.02. The summed E-state index contributed by atoms with van der Waals surface area (Å²) >= 11 is 0. The first-order valence-corrected chi connectivity index (χ1v) is 7.42. The fourth-order valence-corrected chi connectivity index (χ4v) is 2.50. The van der Waals surface area contributed by atoms with Crippen LogP contribution in [0.4, 0.5) is 0 Å². The Morgan fingerprint density at radius 2 is 1.96 bits per heavy atom. The average Bonchev–Trinajstić information content (AvgIpc) is 2.86. The molecule has 0 saturated heterocycles. The third-order valence-corrected chi connectivity index (χ3v) is 3.97. The van der Waals surface area contributed by atoms with Crippen LogP contribution in [0.25, 0.3) is 11.0 Å². The summed E-state index contributed by atoms with van der Waals surface area (Å²) in [7, 11) is 3.60. The molecule has 1 N–H and O–H groups in total. The van der Waals surface area contributed by atoms with E-state index >= 15 is 0 Å². The number of nitrogens with zero attached hydrogens (tertiary/aromatic N) is 2. The Labute approximate surface area is 134 Å². The molecule has 0 spiro atoms. The zero-order chi connectivity index (χ0) is 16.4. The van der Waals surface area contributed by atoms with E-state index in [4.69, 9.17) is 4.74 Å². The Hall–Kier alpha value is -2.82. The van der Waals surface area contributed by atoms with Crippen molar-refractivity contribution in [2.75, 3.05) is 7.11 Å². The van der Waals surface area contributed by atoms with Gasteiger partial charge >= 0.3 is 0 Å². The van der Waals surface area contributed by atoms with Crippen LogP contribution in [-0.4, -0.2) is 22.6 Å². The number of aromatic nitrogens is 2. The van der Waals surface area contributed by atoms with Crippen molar-refractivity contribution in [3.05, 3.63) is 59.4 Å². The number of ether oxygens (including phenoxy) is 1. The molecule has 0 aliphatic rings. The first kappa shape index (κ1) is 15.1. The molecule has 3 aromatic rings. The summed E-state index contributed by atoms with van der Waals surface area (Å²) in [5, 5.41) is 2.92. The van der Waals surface area contributed by atoms with Crippen molar-refractivity contribution in [2.24, 2.45) is 7.05 Å². The molecule has 0 aliphatic heterocycles. The molecule has 118 valence electrons. The van der Waals surface area contributed by atoms with Gasteiger partial charge in [-0.25, -0.2) is 4.98 Å². The summed E-state index contributed by atoms with van der Waals surface area (Å²) in [4.78, 5) is 16.7. The van der Waals surface area contributed by atoms with Crippen molar-refractivity contribution in [1.29, 1.82) is 0 Å². The van der Waals surface area contributed by atoms with Gasteiger partial charge in [0.15, 0.2) is 0 Å². The Balaban J connectivity index is 1.70. The summed E-state index contributed by atoms with van der Waals surface area (Å²) in [5.74, 6) is 1.60. The van der Waals surface area contributed by atoms with Crippen LogP contribution in [0.5, 0.6) is 5.75 Å². The molecule has 1 amide bonds. The lowest BCUT2D eigenvalue weighted by molar-refractivity contribution is 0.0951. The van der Waals surface area contributed by atoms with Gasteiger partial charge in [0, 0.05) is 19.2 Å². The standard InChI is InChI=1S/C18H19N3O2/c1-12-20-16-10-13(4-9-17(16)21(12)2)11-19-18(22)14-5-7-15(23-3)8-6-14/h4-10H,11H2,1-3H3,(H,19,22). The van der Waals surface area contributed by atoms with Crippen molar-refractivity contribution in [3.8, 4) is 5.75 Å². The zero-order valence-corrected chi connectivity index (χ0v) is 13.5. The molecule has 23 heavy (non-hydrogen) atoms. The number of hydrogen-bond acceptors (Lipinski definition) is 3. The number of benzene rings is 2. The van der Waals surface area contributed by atoms with Crippen molar-refractivity contribution in [2.45, 2.75) is 13.5 Å². The van der Waals surface area contributed by atoms with Gasteiger partial charge in [-0.05, 0) is 48.9 Å². The number of imidazole rings is 1. The van der Waals surface area contributed by atoms with Crippen LogP contribution >= 0.6 is 0 Å². The molecule has 1 heterocycles. The van der Waals surface area contributed by atoms with Crippen molar-refractivity contribution in [1.82, 2.24) is 14.9 Å². The van der Waals surface area contributed by atoms with Gasteiger partial charge < -0.3 is 14.6 Å². The molecule has 0 atom stereocenters. The van der Waals surface area contributed by atoms with Gasteiger partial charge in [0.05, 0.1) is 18.1 Å². The Bertz CT molecular complexity index is 851. The Morgan fingerprint density at radius 1 is 1.22 bits per heavy atom. The van der Waals surface area contributed by atoms with E-state index in [2.05, 4.69) is 14.9 Å². The van der Waals surface area contributed by atoms with E-state index in [1.807, 2.05) is 32.2 Å². The molecule has 5 nitrogen and oxygen atoms in total. The average molecular weight is 309 g/mol. The summed E-state index contributed by atoms with van der Waals surface area (Å²) in [6, 6.07) is 13.1. The van der Waals surface area contributed by atoms with E-state index in [0.29, 0.717) is 12.1 Å². The van der Waals surface area contributed by atoms with Crippen LogP contribution in [0.2, 0.25) is 0 Å². The first-order valence-electron chi connectivity index (χ1n) is 7.42. The molecular weight excluding hydrogens is 290 g/mol. The maximum absolute atomic E-state index is 12.2. The number of aryl methyl sites for hydroxylation is 2. The minimum absolute atomic E-state index is 0.107. The highest BCUT2D eigenvalue weighted by Gasteiger charge is 2.08. The maximum atomic E-state index is 12.2. The number of nitrogens with one attached hydrogen (secondary N) is 1. The van der Waals surface area contributed by atoms with Crippen LogP contribution in [0.15, 0.2) is 42.5 Å². The normalized spacial score (nSPS) is 10.7.